The largest absolute Gasteiger partial charge is 0.452 e. The minimum absolute atomic E-state index is 0.188. The summed E-state index contributed by atoms with van der Waals surface area (Å²) < 4.78 is 19.8. The highest BCUT2D eigenvalue weighted by molar-refractivity contribution is 5.95. The number of halogens is 1. The van der Waals surface area contributed by atoms with Crippen molar-refractivity contribution in [2.24, 2.45) is 0 Å². The minimum Gasteiger partial charge on any atom is -0.452 e. The van der Waals surface area contributed by atoms with Gasteiger partial charge in [-0.15, -0.1) is 0 Å². The Labute approximate surface area is 194 Å². The van der Waals surface area contributed by atoms with Crippen molar-refractivity contribution < 1.29 is 23.5 Å². The zero-order valence-corrected chi connectivity index (χ0v) is 20.2. The van der Waals surface area contributed by atoms with E-state index >= 15 is 0 Å². The van der Waals surface area contributed by atoms with Crippen LogP contribution in [0.1, 0.15) is 55.5 Å². The van der Waals surface area contributed by atoms with E-state index in [-0.39, 0.29) is 18.3 Å². The molecular formula is C26H31FN2O4. The molecule has 7 heteroatoms. The maximum atomic E-state index is 14.4. The number of carbonyl (C=O) groups excluding carboxylic acids is 3. The highest BCUT2D eigenvalue weighted by Crippen LogP contribution is 2.27. The van der Waals surface area contributed by atoms with Crippen LogP contribution in [0.4, 0.5) is 10.1 Å². The molecule has 1 heterocycles. The third-order valence-electron chi connectivity index (χ3n) is 6.86. The van der Waals surface area contributed by atoms with Gasteiger partial charge in [0.1, 0.15) is 5.82 Å². The van der Waals surface area contributed by atoms with Crippen LogP contribution in [0.15, 0.2) is 18.2 Å². The van der Waals surface area contributed by atoms with E-state index in [1.54, 1.807) is 17.0 Å². The van der Waals surface area contributed by atoms with Crippen molar-refractivity contribution in [1.29, 1.82) is 0 Å². The van der Waals surface area contributed by atoms with Gasteiger partial charge in [0.05, 0.1) is 11.3 Å². The number of benzene rings is 2. The summed E-state index contributed by atoms with van der Waals surface area (Å²) in [4.78, 5) is 40.3. The first-order valence-corrected chi connectivity index (χ1v) is 11.1. The molecule has 2 aromatic rings. The number of amides is 1. The molecule has 0 aliphatic carbocycles. The summed E-state index contributed by atoms with van der Waals surface area (Å²) in [6, 6.07) is 4.45. The maximum Gasteiger partial charge on any atom is 0.339 e. The Bertz CT molecular complexity index is 1090. The smallest absolute Gasteiger partial charge is 0.339 e. The second-order valence-corrected chi connectivity index (χ2v) is 8.67. The summed E-state index contributed by atoms with van der Waals surface area (Å²) in [6.45, 7) is 12.5. The fourth-order valence-electron chi connectivity index (χ4n) is 4.28. The Morgan fingerprint density at radius 1 is 0.879 bits per heavy atom. The molecular weight excluding hydrogens is 423 g/mol. The van der Waals surface area contributed by atoms with E-state index in [0.717, 1.165) is 27.8 Å². The molecule has 6 nitrogen and oxygen atoms in total. The van der Waals surface area contributed by atoms with Crippen molar-refractivity contribution in [1.82, 2.24) is 4.90 Å². The Balaban J connectivity index is 1.59. The number of anilines is 1. The third kappa shape index (κ3) is 4.92. The van der Waals surface area contributed by atoms with E-state index in [1.165, 1.54) is 13.0 Å². The predicted octanol–water partition coefficient (Wildman–Crippen LogP) is 4.08. The quantitative estimate of drug-likeness (QED) is 0.503. The number of carbonyl (C=O) groups is 3. The molecule has 1 amide bonds. The molecule has 0 radical (unpaired) electrons. The van der Waals surface area contributed by atoms with Crippen LogP contribution in [0, 0.1) is 40.4 Å². The lowest BCUT2D eigenvalue weighted by Crippen LogP contribution is -2.50. The van der Waals surface area contributed by atoms with Crippen LogP contribution < -0.4 is 4.90 Å². The minimum atomic E-state index is -0.490. The number of hydrogen-bond donors (Lipinski definition) is 0. The van der Waals surface area contributed by atoms with Gasteiger partial charge in [-0.1, -0.05) is 0 Å². The average molecular weight is 455 g/mol. The zero-order valence-electron chi connectivity index (χ0n) is 20.2. The first kappa shape index (κ1) is 24.4. The molecule has 0 bridgehead atoms. The summed E-state index contributed by atoms with van der Waals surface area (Å²) in [5.74, 6) is -1.40. The van der Waals surface area contributed by atoms with E-state index in [0.29, 0.717) is 43.0 Å². The van der Waals surface area contributed by atoms with Crippen LogP contribution in [-0.4, -0.2) is 55.3 Å². The van der Waals surface area contributed by atoms with E-state index in [4.69, 9.17) is 4.74 Å². The number of Topliss-reactive ketones (excluding diaryl/α,β-unsaturated/α-hetero) is 1. The van der Waals surface area contributed by atoms with Gasteiger partial charge in [-0.2, -0.15) is 0 Å². The van der Waals surface area contributed by atoms with Crippen LogP contribution >= 0.6 is 0 Å². The summed E-state index contributed by atoms with van der Waals surface area (Å²) in [5, 5.41) is 0. The first-order valence-electron chi connectivity index (χ1n) is 11.1. The highest BCUT2D eigenvalue weighted by Gasteiger charge is 2.25. The monoisotopic (exact) mass is 454 g/mol. The van der Waals surface area contributed by atoms with Gasteiger partial charge in [0.2, 0.25) is 0 Å². The van der Waals surface area contributed by atoms with Gasteiger partial charge in [0.25, 0.3) is 5.91 Å². The summed E-state index contributed by atoms with van der Waals surface area (Å²) in [5.41, 5.74) is 6.28. The molecule has 1 aliphatic heterocycles. The molecule has 0 unspecified atom stereocenters. The Hall–Kier alpha value is -3.22. The molecule has 0 atom stereocenters. The van der Waals surface area contributed by atoms with E-state index in [1.807, 2.05) is 39.5 Å². The second kappa shape index (κ2) is 9.73. The van der Waals surface area contributed by atoms with Crippen molar-refractivity contribution in [2.45, 2.75) is 41.5 Å². The molecule has 176 valence electrons. The number of nitrogens with zero attached hydrogens (tertiary/aromatic N) is 2. The predicted molar refractivity (Wildman–Crippen MR) is 126 cm³/mol. The lowest BCUT2D eigenvalue weighted by atomic mass is 9.90. The SMILES string of the molecule is CC(=O)c1ccc(N2CCN(C(=O)COC(=O)c3c(C)c(C)c(C)c(C)c3C)CC2)c(F)c1. The Kier molecular flexibility index (Phi) is 7.20. The van der Waals surface area contributed by atoms with Gasteiger partial charge in [0, 0.05) is 31.7 Å². The van der Waals surface area contributed by atoms with Gasteiger partial charge in [-0.05, 0) is 87.6 Å². The Morgan fingerprint density at radius 2 is 1.42 bits per heavy atom. The van der Waals surface area contributed by atoms with Gasteiger partial charge in [-0.3, -0.25) is 9.59 Å². The third-order valence-corrected chi connectivity index (χ3v) is 6.86. The maximum absolute atomic E-state index is 14.4. The molecule has 33 heavy (non-hydrogen) atoms. The Morgan fingerprint density at radius 3 is 1.94 bits per heavy atom. The van der Waals surface area contributed by atoms with Crippen molar-refractivity contribution >= 4 is 23.3 Å². The molecule has 0 spiro atoms. The summed E-state index contributed by atoms with van der Waals surface area (Å²) >= 11 is 0. The fourth-order valence-corrected chi connectivity index (χ4v) is 4.28. The van der Waals surface area contributed by atoms with Gasteiger partial charge >= 0.3 is 5.97 Å². The highest BCUT2D eigenvalue weighted by atomic mass is 19.1. The van der Waals surface area contributed by atoms with Crippen LogP contribution in [0.2, 0.25) is 0 Å². The van der Waals surface area contributed by atoms with Gasteiger partial charge in [0.15, 0.2) is 12.4 Å². The molecule has 0 N–H and O–H groups in total. The van der Waals surface area contributed by atoms with E-state index < -0.39 is 11.8 Å². The number of ketones is 1. The molecule has 2 aromatic carbocycles. The topological polar surface area (TPSA) is 66.9 Å². The number of ether oxygens (including phenoxy) is 1. The first-order chi connectivity index (χ1) is 15.5. The normalized spacial score (nSPS) is 13.8. The summed E-state index contributed by atoms with van der Waals surface area (Å²) in [7, 11) is 0. The van der Waals surface area contributed by atoms with Crippen LogP contribution in [0.25, 0.3) is 0 Å². The molecule has 1 saturated heterocycles. The van der Waals surface area contributed by atoms with E-state index in [9.17, 15) is 18.8 Å². The number of piperazine rings is 1. The molecule has 3 rings (SSSR count). The average Bonchev–Trinajstić information content (AvgIpc) is 2.80. The zero-order chi connectivity index (χ0) is 24.4. The van der Waals surface area contributed by atoms with Crippen molar-refractivity contribution in [3.05, 3.63) is 63.0 Å². The lowest BCUT2D eigenvalue weighted by Gasteiger charge is -2.36. The van der Waals surface area contributed by atoms with Gasteiger partial charge in [-0.25, -0.2) is 9.18 Å². The van der Waals surface area contributed by atoms with Crippen molar-refractivity contribution in [3.8, 4) is 0 Å². The second-order valence-electron chi connectivity index (χ2n) is 8.67. The lowest BCUT2D eigenvalue weighted by molar-refractivity contribution is -0.134. The number of esters is 1. The standard InChI is InChI=1S/C26H31FN2O4/c1-15-16(2)18(4)25(19(5)17(15)3)26(32)33-14-24(31)29-11-9-28(10-12-29)23-8-7-21(20(6)30)13-22(23)27/h7-8,13H,9-12,14H2,1-6H3. The van der Waals surface area contributed by atoms with Crippen LogP contribution in [-0.2, 0) is 9.53 Å². The van der Waals surface area contributed by atoms with E-state index in [2.05, 4.69) is 0 Å². The van der Waals surface area contributed by atoms with Crippen molar-refractivity contribution in [3.63, 3.8) is 0 Å². The number of hydrogen-bond acceptors (Lipinski definition) is 5. The molecule has 0 aromatic heterocycles. The fraction of sp³-hybridized carbons (Fsp3) is 0.423. The molecule has 0 saturated carbocycles. The van der Waals surface area contributed by atoms with Crippen molar-refractivity contribution in [2.75, 3.05) is 37.7 Å². The molecule has 1 aliphatic rings. The summed E-state index contributed by atoms with van der Waals surface area (Å²) in [6.07, 6.45) is 0. The van der Waals surface area contributed by atoms with Gasteiger partial charge < -0.3 is 14.5 Å². The van der Waals surface area contributed by atoms with Crippen LogP contribution in [0.5, 0.6) is 0 Å². The molecule has 1 fully saturated rings. The number of rotatable bonds is 5. The van der Waals surface area contributed by atoms with Crippen LogP contribution in [0.3, 0.4) is 0 Å².